The van der Waals surface area contributed by atoms with Crippen molar-refractivity contribution in [1.29, 1.82) is 0 Å². The minimum atomic E-state index is -0.723. The van der Waals surface area contributed by atoms with Crippen LogP contribution in [-0.4, -0.2) is 78.4 Å². The number of piperazine rings is 1. The van der Waals surface area contributed by atoms with E-state index in [0.29, 0.717) is 12.5 Å². The zero-order chi connectivity index (χ0) is 24.9. The molecule has 36 heavy (non-hydrogen) atoms. The smallest absolute Gasteiger partial charge is 0.321 e. The first-order chi connectivity index (χ1) is 17.6. The second kappa shape index (κ2) is 11.1. The molecule has 2 fully saturated rings. The highest BCUT2D eigenvalue weighted by molar-refractivity contribution is 5.86. The number of nitrogens with two attached hydrogens (primary N) is 1. The molecule has 2 aliphatic heterocycles. The van der Waals surface area contributed by atoms with Crippen LogP contribution >= 0.6 is 0 Å². The largest absolute Gasteiger partial charge is 0.480 e. The van der Waals surface area contributed by atoms with E-state index in [4.69, 9.17) is 5.84 Å². The summed E-state index contributed by atoms with van der Waals surface area (Å²) in [5, 5.41) is 16.0. The van der Waals surface area contributed by atoms with Gasteiger partial charge >= 0.3 is 5.97 Å². The number of benzene rings is 3. The normalized spacial score (nSPS) is 19.2. The second-order valence-corrected chi connectivity index (χ2v) is 9.86. The van der Waals surface area contributed by atoms with E-state index < -0.39 is 12.0 Å². The van der Waals surface area contributed by atoms with Crippen molar-refractivity contribution in [1.82, 2.24) is 9.80 Å². The number of hydrogen-bond acceptors (Lipinski definition) is 6. The fourth-order valence-corrected chi connectivity index (χ4v) is 5.82. The van der Waals surface area contributed by atoms with Crippen molar-refractivity contribution in [3.8, 4) is 0 Å². The number of anilines is 1. The predicted molar refractivity (Wildman–Crippen MR) is 146 cm³/mol. The number of carbonyl (C=O) groups is 1. The van der Waals surface area contributed by atoms with Crippen molar-refractivity contribution in [2.75, 3.05) is 44.2 Å². The van der Waals surface area contributed by atoms with Gasteiger partial charge in [-0.25, -0.2) is 0 Å². The van der Waals surface area contributed by atoms with Gasteiger partial charge in [-0.05, 0) is 53.3 Å². The molecule has 3 aromatic rings. The maximum Gasteiger partial charge on any atom is 0.321 e. The van der Waals surface area contributed by atoms with E-state index in [1.54, 1.807) is 6.21 Å². The van der Waals surface area contributed by atoms with Crippen molar-refractivity contribution in [2.24, 2.45) is 10.9 Å². The third-order valence-electron chi connectivity index (χ3n) is 7.83. The molecule has 2 saturated heterocycles. The number of nitrogens with zero attached hydrogens (tertiary/aromatic N) is 4. The first kappa shape index (κ1) is 24.3. The monoisotopic (exact) mass is 485 g/mol. The highest BCUT2D eigenvalue weighted by Gasteiger charge is 2.33. The standard InChI is InChI=1S/C29H35N5O2/c30-31-21-22-8-10-25(11-9-22)32-16-18-33(19-17-32)26-12-14-34(15-13-26)28(29(35)36)20-24-6-3-5-23-4-1-2-7-27(23)24/h1-11,21,26,28H,12-20,30H2,(H,35,36). The predicted octanol–water partition coefficient (Wildman–Crippen LogP) is 3.41. The van der Waals surface area contributed by atoms with E-state index in [1.807, 2.05) is 30.3 Å². The minimum Gasteiger partial charge on any atom is -0.480 e. The van der Waals surface area contributed by atoms with Crippen LogP contribution in [0, 0.1) is 0 Å². The van der Waals surface area contributed by atoms with E-state index in [0.717, 1.165) is 74.0 Å². The maximum atomic E-state index is 12.3. The molecule has 0 spiro atoms. The molecule has 0 bridgehead atoms. The number of aliphatic carboxylic acids is 1. The van der Waals surface area contributed by atoms with Crippen LogP contribution in [0.15, 0.2) is 71.8 Å². The van der Waals surface area contributed by atoms with Crippen LogP contribution in [0.3, 0.4) is 0 Å². The number of hydrazone groups is 1. The van der Waals surface area contributed by atoms with Crippen molar-refractivity contribution in [3.63, 3.8) is 0 Å². The number of piperidine rings is 1. The Hall–Kier alpha value is -3.42. The molecule has 0 saturated carbocycles. The lowest BCUT2D eigenvalue weighted by Crippen LogP contribution is -2.55. The average Bonchev–Trinajstić information content (AvgIpc) is 2.92. The van der Waals surface area contributed by atoms with E-state index >= 15 is 0 Å². The van der Waals surface area contributed by atoms with Crippen molar-refractivity contribution in [3.05, 3.63) is 77.9 Å². The maximum absolute atomic E-state index is 12.3. The van der Waals surface area contributed by atoms with E-state index in [9.17, 15) is 9.90 Å². The minimum absolute atomic E-state index is 0.485. The van der Waals surface area contributed by atoms with Gasteiger partial charge < -0.3 is 15.8 Å². The Morgan fingerprint density at radius 1 is 0.944 bits per heavy atom. The molecule has 5 rings (SSSR count). The topological polar surface area (TPSA) is 85.4 Å². The Morgan fingerprint density at radius 3 is 2.33 bits per heavy atom. The van der Waals surface area contributed by atoms with Crippen molar-refractivity contribution < 1.29 is 9.90 Å². The summed E-state index contributed by atoms with van der Waals surface area (Å²) in [5.74, 6) is 4.52. The van der Waals surface area contributed by atoms with Gasteiger partial charge in [-0.2, -0.15) is 5.10 Å². The third kappa shape index (κ3) is 5.37. The summed E-state index contributed by atoms with van der Waals surface area (Å²) in [4.78, 5) is 19.5. The fourth-order valence-electron chi connectivity index (χ4n) is 5.82. The lowest BCUT2D eigenvalue weighted by atomic mass is 9.95. The number of rotatable bonds is 7. The van der Waals surface area contributed by atoms with Gasteiger partial charge in [0.25, 0.3) is 0 Å². The lowest BCUT2D eigenvalue weighted by molar-refractivity contribution is -0.144. The summed E-state index contributed by atoms with van der Waals surface area (Å²) in [7, 11) is 0. The molecule has 0 aromatic heterocycles. The van der Waals surface area contributed by atoms with Gasteiger partial charge in [0.2, 0.25) is 0 Å². The molecule has 1 unspecified atom stereocenters. The number of fused-ring (bicyclic) bond motifs is 1. The van der Waals surface area contributed by atoms with Gasteiger partial charge in [0.05, 0.1) is 6.21 Å². The number of carboxylic acid groups (broad SMARTS) is 1. The van der Waals surface area contributed by atoms with E-state index in [1.165, 1.54) is 5.69 Å². The molecule has 2 aliphatic rings. The molecule has 188 valence electrons. The molecule has 7 heteroatoms. The zero-order valence-corrected chi connectivity index (χ0v) is 20.7. The summed E-state index contributed by atoms with van der Waals surface area (Å²) >= 11 is 0. The molecular weight excluding hydrogens is 450 g/mol. The summed E-state index contributed by atoms with van der Waals surface area (Å²) in [6, 6.07) is 22.8. The van der Waals surface area contributed by atoms with E-state index in [-0.39, 0.29) is 0 Å². The van der Waals surface area contributed by atoms with Gasteiger partial charge in [0.1, 0.15) is 6.04 Å². The van der Waals surface area contributed by atoms with Crippen LogP contribution in [0.4, 0.5) is 5.69 Å². The van der Waals surface area contributed by atoms with Crippen molar-refractivity contribution >= 4 is 28.6 Å². The summed E-state index contributed by atoms with van der Waals surface area (Å²) < 4.78 is 0. The summed E-state index contributed by atoms with van der Waals surface area (Å²) in [5.41, 5.74) is 3.35. The first-order valence-corrected chi connectivity index (χ1v) is 12.9. The molecule has 3 aromatic carbocycles. The molecule has 3 N–H and O–H groups in total. The third-order valence-corrected chi connectivity index (χ3v) is 7.83. The molecule has 0 radical (unpaired) electrons. The molecule has 7 nitrogen and oxygen atoms in total. The quantitative estimate of drug-likeness (QED) is 0.303. The van der Waals surface area contributed by atoms with Crippen LogP contribution in [0.5, 0.6) is 0 Å². The number of hydrogen-bond donors (Lipinski definition) is 2. The molecule has 1 atom stereocenters. The van der Waals surface area contributed by atoms with Gasteiger partial charge in [0.15, 0.2) is 0 Å². The van der Waals surface area contributed by atoms with Crippen LogP contribution in [0.2, 0.25) is 0 Å². The highest BCUT2D eigenvalue weighted by atomic mass is 16.4. The molecular formula is C29H35N5O2. The van der Waals surface area contributed by atoms with Gasteiger partial charge in [-0.3, -0.25) is 14.6 Å². The Labute approximate surface area is 212 Å². The van der Waals surface area contributed by atoms with Crippen LogP contribution in [-0.2, 0) is 11.2 Å². The second-order valence-electron chi connectivity index (χ2n) is 9.86. The Morgan fingerprint density at radius 2 is 1.64 bits per heavy atom. The Balaban J connectivity index is 1.16. The Kier molecular flexibility index (Phi) is 7.49. The molecule has 0 amide bonds. The van der Waals surface area contributed by atoms with Crippen molar-refractivity contribution in [2.45, 2.75) is 31.3 Å². The number of carboxylic acids is 1. The molecule has 0 aliphatic carbocycles. The van der Waals surface area contributed by atoms with E-state index in [2.05, 4.69) is 56.2 Å². The average molecular weight is 486 g/mol. The van der Waals surface area contributed by atoms with Gasteiger partial charge in [-0.1, -0.05) is 54.6 Å². The zero-order valence-electron chi connectivity index (χ0n) is 20.7. The Bertz CT molecular complexity index is 1190. The molecule has 2 heterocycles. The SMILES string of the molecule is NN=Cc1ccc(N2CCN(C3CCN(C(Cc4cccc5ccccc45)C(=O)O)CC3)CC2)cc1. The van der Waals surface area contributed by atoms with Gasteiger partial charge in [0, 0.05) is 51.0 Å². The van der Waals surface area contributed by atoms with Crippen LogP contribution < -0.4 is 10.7 Å². The number of likely N-dealkylation sites (tertiary alicyclic amines) is 1. The van der Waals surface area contributed by atoms with Gasteiger partial charge in [-0.15, -0.1) is 0 Å². The summed E-state index contributed by atoms with van der Waals surface area (Å²) in [6.45, 7) is 5.74. The van der Waals surface area contributed by atoms with Crippen LogP contribution in [0.25, 0.3) is 10.8 Å². The lowest BCUT2D eigenvalue weighted by Gasteiger charge is -2.44. The summed E-state index contributed by atoms with van der Waals surface area (Å²) in [6.07, 6.45) is 4.24. The first-order valence-electron chi connectivity index (χ1n) is 12.9. The highest BCUT2D eigenvalue weighted by Crippen LogP contribution is 2.25. The fraction of sp³-hybridized carbons (Fsp3) is 0.379. The van der Waals surface area contributed by atoms with Crippen LogP contribution in [0.1, 0.15) is 24.0 Å².